The van der Waals surface area contributed by atoms with Gasteiger partial charge in [-0.1, -0.05) is 36.4 Å². The van der Waals surface area contributed by atoms with Crippen LogP contribution in [0.1, 0.15) is 18.2 Å². The molecule has 1 aromatic heterocycles. The van der Waals surface area contributed by atoms with Crippen molar-refractivity contribution in [2.24, 2.45) is 0 Å². The van der Waals surface area contributed by atoms with Crippen molar-refractivity contribution in [1.29, 1.82) is 0 Å². The van der Waals surface area contributed by atoms with Gasteiger partial charge >= 0.3 is 0 Å². The molecule has 1 N–H and O–H groups in total. The monoisotopic (exact) mass is 254 g/mol. The summed E-state index contributed by atoms with van der Waals surface area (Å²) in [5.41, 5.74) is 2.01. The maximum absolute atomic E-state index is 5.86. The minimum absolute atomic E-state index is 0.615. The van der Waals surface area contributed by atoms with E-state index in [0.717, 1.165) is 23.6 Å². The van der Waals surface area contributed by atoms with Crippen molar-refractivity contribution in [3.8, 4) is 11.6 Å². The van der Waals surface area contributed by atoms with E-state index in [1.807, 2.05) is 68.6 Å². The van der Waals surface area contributed by atoms with Crippen molar-refractivity contribution < 1.29 is 4.74 Å². The topological polar surface area (TPSA) is 34.1 Å². The van der Waals surface area contributed by atoms with Gasteiger partial charge in [-0.15, -0.1) is 0 Å². The van der Waals surface area contributed by atoms with Gasteiger partial charge in [0, 0.05) is 18.2 Å². The molecular weight excluding hydrogens is 236 g/mol. The highest BCUT2D eigenvalue weighted by atomic mass is 16.5. The molecule has 0 fully saturated rings. The number of nitrogens with one attached hydrogen (secondary N) is 1. The minimum Gasteiger partial charge on any atom is -0.438 e. The molecule has 98 valence electrons. The molecule has 0 atom stereocenters. The Kier molecular flexibility index (Phi) is 4.70. The average molecular weight is 254 g/mol. The highest BCUT2D eigenvalue weighted by Gasteiger charge is 2.03. The molecule has 0 saturated heterocycles. The summed E-state index contributed by atoms with van der Waals surface area (Å²) in [4.78, 5) is 4.45. The van der Waals surface area contributed by atoms with Gasteiger partial charge in [0.1, 0.15) is 5.75 Å². The van der Waals surface area contributed by atoms with E-state index in [4.69, 9.17) is 4.74 Å². The number of pyridine rings is 1. The van der Waals surface area contributed by atoms with Gasteiger partial charge in [-0.25, -0.2) is 4.98 Å². The molecule has 1 heterocycles. The van der Waals surface area contributed by atoms with Crippen molar-refractivity contribution in [2.45, 2.75) is 13.5 Å². The van der Waals surface area contributed by atoms with Crippen LogP contribution in [-0.4, -0.2) is 12.0 Å². The van der Waals surface area contributed by atoms with Gasteiger partial charge in [-0.3, -0.25) is 0 Å². The number of hydrogen-bond donors (Lipinski definition) is 1. The van der Waals surface area contributed by atoms with Crippen molar-refractivity contribution in [1.82, 2.24) is 10.3 Å². The maximum atomic E-state index is 5.86. The molecule has 0 aliphatic rings. The van der Waals surface area contributed by atoms with Gasteiger partial charge in [0.25, 0.3) is 0 Å². The predicted octanol–water partition coefficient (Wildman–Crippen LogP) is 3.63. The Morgan fingerprint density at radius 3 is 2.79 bits per heavy atom. The van der Waals surface area contributed by atoms with Gasteiger partial charge in [0.05, 0.1) is 5.69 Å². The van der Waals surface area contributed by atoms with Crippen LogP contribution in [0.3, 0.4) is 0 Å². The standard InChI is InChI=1S/C16H18N2O/c1-3-7-13-8-4-5-10-15(13)19-16-11-6-9-14(18-16)12-17-2/h3-11,17H,12H2,1-2H3. The highest BCUT2D eigenvalue weighted by molar-refractivity contribution is 5.57. The van der Waals surface area contributed by atoms with E-state index in [0.29, 0.717) is 5.88 Å². The molecule has 0 unspecified atom stereocenters. The Labute approximate surface area is 114 Å². The molecule has 19 heavy (non-hydrogen) atoms. The van der Waals surface area contributed by atoms with Crippen LogP contribution in [-0.2, 0) is 6.54 Å². The van der Waals surface area contributed by atoms with E-state index in [2.05, 4.69) is 10.3 Å². The molecule has 0 amide bonds. The minimum atomic E-state index is 0.615. The van der Waals surface area contributed by atoms with Crippen LogP contribution in [0, 0.1) is 0 Å². The number of para-hydroxylation sites is 1. The van der Waals surface area contributed by atoms with E-state index < -0.39 is 0 Å². The van der Waals surface area contributed by atoms with Crippen LogP contribution >= 0.6 is 0 Å². The Hall–Kier alpha value is -2.13. The number of nitrogens with zero attached hydrogens (tertiary/aromatic N) is 1. The van der Waals surface area contributed by atoms with Crippen LogP contribution in [0.15, 0.2) is 48.5 Å². The zero-order chi connectivity index (χ0) is 13.5. The molecule has 2 rings (SSSR count). The number of ether oxygens (including phenoxy) is 1. The number of allylic oxidation sites excluding steroid dienone is 1. The lowest BCUT2D eigenvalue weighted by molar-refractivity contribution is 0.459. The first-order valence-corrected chi connectivity index (χ1v) is 6.33. The molecule has 3 nitrogen and oxygen atoms in total. The summed E-state index contributed by atoms with van der Waals surface area (Å²) >= 11 is 0. The van der Waals surface area contributed by atoms with Gasteiger partial charge in [0.15, 0.2) is 0 Å². The fourth-order valence-electron chi connectivity index (χ4n) is 1.80. The molecule has 0 radical (unpaired) electrons. The summed E-state index contributed by atoms with van der Waals surface area (Å²) in [6.45, 7) is 2.72. The van der Waals surface area contributed by atoms with E-state index >= 15 is 0 Å². The van der Waals surface area contributed by atoms with Crippen molar-refractivity contribution in [3.63, 3.8) is 0 Å². The first kappa shape index (κ1) is 13.3. The van der Waals surface area contributed by atoms with Crippen LogP contribution in [0.4, 0.5) is 0 Å². The fourth-order valence-corrected chi connectivity index (χ4v) is 1.80. The van der Waals surface area contributed by atoms with Gasteiger partial charge in [0.2, 0.25) is 5.88 Å². The third kappa shape index (κ3) is 3.66. The van der Waals surface area contributed by atoms with Crippen LogP contribution < -0.4 is 10.1 Å². The van der Waals surface area contributed by atoms with E-state index in [-0.39, 0.29) is 0 Å². The molecule has 0 saturated carbocycles. The maximum Gasteiger partial charge on any atom is 0.219 e. The first-order chi connectivity index (χ1) is 9.33. The smallest absolute Gasteiger partial charge is 0.219 e. The number of rotatable bonds is 5. The van der Waals surface area contributed by atoms with Crippen LogP contribution in [0.5, 0.6) is 11.6 Å². The number of benzene rings is 1. The molecule has 0 bridgehead atoms. The Balaban J connectivity index is 2.23. The number of aromatic nitrogens is 1. The third-order valence-electron chi connectivity index (χ3n) is 2.62. The SMILES string of the molecule is CC=Cc1ccccc1Oc1cccc(CNC)n1. The van der Waals surface area contributed by atoms with Crippen LogP contribution in [0.25, 0.3) is 6.08 Å². The molecule has 0 aliphatic heterocycles. The highest BCUT2D eigenvalue weighted by Crippen LogP contribution is 2.25. The molecular formula is C16H18N2O. The fraction of sp³-hybridized carbons (Fsp3) is 0.188. The summed E-state index contributed by atoms with van der Waals surface area (Å²) in [7, 11) is 1.90. The summed E-state index contributed by atoms with van der Waals surface area (Å²) in [5, 5.41) is 3.08. The zero-order valence-corrected chi connectivity index (χ0v) is 11.3. The molecule has 2 aromatic rings. The van der Waals surface area contributed by atoms with Crippen molar-refractivity contribution in [3.05, 3.63) is 59.8 Å². The largest absolute Gasteiger partial charge is 0.438 e. The Morgan fingerprint density at radius 2 is 2.00 bits per heavy atom. The molecule has 0 aliphatic carbocycles. The summed E-state index contributed by atoms with van der Waals surface area (Å²) in [6, 6.07) is 13.7. The summed E-state index contributed by atoms with van der Waals surface area (Å²) in [6.07, 6.45) is 4.01. The lowest BCUT2D eigenvalue weighted by atomic mass is 10.2. The lowest BCUT2D eigenvalue weighted by Crippen LogP contribution is -2.07. The van der Waals surface area contributed by atoms with Crippen molar-refractivity contribution >= 4 is 6.08 Å². The quantitative estimate of drug-likeness (QED) is 0.884. The summed E-state index contributed by atoms with van der Waals surface area (Å²) < 4.78 is 5.86. The van der Waals surface area contributed by atoms with Crippen LogP contribution in [0.2, 0.25) is 0 Å². The normalized spacial score (nSPS) is 10.8. The van der Waals surface area contributed by atoms with Gasteiger partial charge < -0.3 is 10.1 Å². The second-order valence-corrected chi connectivity index (χ2v) is 4.14. The van der Waals surface area contributed by atoms with E-state index in [9.17, 15) is 0 Å². The van der Waals surface area contributed by atoms with Crippen molar-refractivity contribution in [2.75, 3.05) is 7.05 Å². The van der Waals surface area contributed by atoms with Gasteiger partial charge in [-0.05, 0) is 26.1 Å². The lowest BCUT2D eigenvalue weighted by Gasteiger charge is -2.09. The Morgan fingerprint density at radius 1 is 1.16 bits per heavy atom. The molecule has 0 spiro atoms. The second-order valence-electron chi connectivity index (χ2n) is 4.14. The Bertz CT molecular complexity index is 564. The predicted molar refractivity (Wildman–Crippen MR) is 78.2 cm³/mol. The third-order valence-corrected chi connectivity index (χ3v) is 2.62. The van der Waals surface area contributed by atoms with Gasteiger partial charge in [-0.2, -0.15) is 0 Å². The van der Waals surface area contributed by atoms with E-state index in [1.165, 1.54) is 0 Å². The number of hydrogen-bond acceptors (Lipinski definition) is 3. The average Bonchev–Trinajstić information content (AvgIpc) is 2.42. The first-order valence-electron chi connectivity index (χ1n) is 6.33. The zero-order valence-electron chi connectivity index (χ0n) is 11.3. The molecule has 3 heteroatoms. The van der Waals surface area contributed by atoms with E-state index in [1.54, 1.807) is 0 Å². The summed E-state index contributed by atoms with van der Waals surface area (Å²) in [5.74, 6) is 1.43. The molecule has 1 aromatic carbocycles. The second kappa shape index (κ2) is 6.71.